The van der Waals surface area contributed by atoms with E-state index in [4.69, 9.17) is 4.74 Å². The summed E-state index contributed by atoms with van der Waals surface area (Å²) in [6.45, 7) is 9.12. The summed E-state index contributed by atoms with van der Waals surface area (Å²) in [6, 6.07) is 8.51. The molecule has 1 N–H and O–H groups in total. The van der Waals surface area contributed by atoms with E-state index in [1.165, 1.54) is 12.8 Å². The number of fused-ring (bicyclic) bond motifs is 1. The van der Waals surface area contributed by atoms with E-state index in [0.29, 0.717) is 11.5 Å². The van der Waals surface area contributed by atoms with Crippen LogP contribution in [0.2, 0.25) is 0 Å². The van der Waals surface area contributed by atoms with Crippen LogP contribution in [0.15, 0.2) is 30.5 Å². The van der Waals surface area contributed by atoms with Crippen molar-refractivity contribution in [1.82, 2.24) is 4.98 Å². The molecule has 1 atom stereocenters. The van der Waals surface area contributed by atoms with Crippen LogP contribution < -0.4 is 10.1 Å². The number of hydrogen-bond acceptors (Lipinski definition) is 3. The number of rotatable bonds is 6. The van der Waals surface area contributed by atoms with Crippen LogP contribution in [0.5, 0.6) is 5.75 Å². The number of anilines is 1. The van der Waals surface area contributed by atoms with Gasteiger partial charge in [-0.1, -0.05) is 33.3 Å². The topological polar surface area (TPSA) is 34.1 Å². The molecule has 0 aliphatic carbocycles. The fraction of sp³-hybridized carbons (Fsp3) is 0.526. The van der Waals surface area contributed by atoms with Crippen molar-refractivity contribution in [1.29, 1.82) is 0 Å². The minimum absolute atomic E-state index is 0.407. The molecule has 3 nitrogen and oxygen atoms in total. The van der Waals surface area contributed by atoms with Crippen LogP contribution in [-0.2, 0) is 0 Å². The van der Waals surface area contributed by atoms with Crippen molar-refractivity contribution in [3.05, 3.63) is 30.5 Å². The molecule has 0 fully saturated rings. The highest BCUT2D eigenvalue weighted by Gasteiger charge is 2.12. The maximum absolute atomic E-state index is 5.40. The fourth-order valence-electron chi connectivity index (χ4n) is 2.67. The molecule has 0 bridgehead atoms. The second kappa shape index (κ2) is 6.99. The summed E-state index contributed by atoms with van der Waals surface area (Å²) in [6.07, 6.45) is 5.47. The Balaban J connectivity index is 2.10. The molecular weight excluding hydrogens is 272 g/mol. The monoisotopic (exact) mass is 300 g/mol. The lowest BCUT2D eigenvalue weighted by Crippen LogP contribution is -2.16. The number of nitrogens with zero attached hydrogens (tertiary/aromatic N) is 1. The molecule has 120 valence electrons. The Kier molecular flexibility index (Phi) is 5.28. The Bertz CT molecular complexity index is 616. The smallest absolute Gasteiger partial charge is 0.121 e. The average molecular weight is 300 g/mol. The fourth-order valence-corrected chi connectivity index (χ4v) is 2.67. The zero-order chi connectivity index (χ0) is 16.2. The third-order valence-corrected chi connectivity index (χ3v) is 3.88. The predicted molar refractivity (Wildman–Crippen MR) is 94.7 cm³/mol. The van der Waals surface area contributed by atoms with Crippen molar-refractivity contribution in [2.45, 2.75) is 53.0 Å². The maximum Gasteiger partial charge on any atom is 0.121 e. The zero-order valence-electron chi connectivity index (χ0n) is 14.4. The molecule has 2 aromatic rings. The highest BCUT2D eigenvalue weighted by atomic mass is 16.5. The van der Waals surface area contributed by atoms with Gasteiger partial charge in [-0.05, 0) is 37.3 Å². The first-order chi connectivity index (χ1) is 10.4. The van der Waals surface area contributed by atoms with Crippen molar-refractivity contribution >= 4 is 16.6 Å². The van der Waals surface area contributed by atoms with E-state index in [-0.39, 0.29) is 0 Å². The first kappa shape index (κ1) is 16.6. The summed E-state index contributed by atoms with van der Waals surface area (Å²) in [5.41, 5.74) is 2.47. The Morgan fingerprint density at radius 2 is 2.05 bits per heavy atom. The van der Waals surface area contributed by atoms with Crippen LogP contribution in [-0.4, -0.2) is 18.1 Å². The van der Waals surface area contributed by atoms with E-state index < -0.39 is 0 Å². The molecular formula is C19H28N2O. The van der Waals surface area contributed by atoms with Gasteiger partial charge in [-0.2, -0.15) is 0 Å². The lowest BCUT2D eigenvalue weighted by Gasteiger charge is -2.21. The maximum atomic E-state index is 5.40. The molecule has 0 saturated carbocycles. The summed E-state index contributed by atoms with van der Waals surface area (Å²) in [5.74, 6) is 0.866. The van der Waals surface area contributed by atoms with E-state index in [1.54, 1.807) is 7.11 Å². The summed E-state index contributed by atoms with van der Waals surface area (Å²) in [5, 5.41) is 4.71. The van der Waals surface area contributed by atoms with Gasteiger partial charge in [0.2, 0.25) is 0 Å². The first-order valence-electron chi connectivity index (χ1n) is 8.08. The van der Waals surface area contributed by atoms with Crippen LogP contribution in [0.1, 0.15) is 47.0 Å². The van der Waals surface area contributed by atoms with Gasteiger partial charge in [0, 0.05) is 23.7 Å². The largest absolute Gasteiger partial charge is 0.497 e. The van der Waals surface area contributed by atoms with E-state index in [0.717, 1.165) is 28.8 Å². The normalized spacial score (nSPS) is 13.1. The van der Waals surface area contributed by atoms with Crippen LogP contribution in [0, 0.1) is 5.41 Å². The molecule has 1 unspecified atom stereocenters. The quantitative estimate of drug-likeness (QED) is 0.790. The van der Waals surface area contributed by atoms with Crippen LogP contribution >= 0.6 is 0 Å². The van der Waals surface area contributed by atoms with Crippen molar-refractivity contribution in [3.8, 4) is 5.75 Å². The molecule has 0 saturated heterocycles. The number of nitrogens with one attached hydrogen (secondary N) is 1. The number of pyridine rings is 1. The second-order valence-corrected chi connectivity index (χ2v) is 7.25. The summed E-state index contributed by atoms with van der Waals surface area (Å²) < 4.78 is 5.40. The van der Waals surface area contributed by atoms with Crippen molar-refractivity contribution in [2.75, 3.05) is 12.4 Å². The standard InChI is InChI=1S/C19H28N2O/c1-14(8-6-10-19(2,3)4)21-17-13-16(22-5)12-15-9-7-11-20-18(15)17/h7,9,11-14,21H,6,8,10H2,1-5H3. The van der Waals surface area contributed by atoms with Crippen molar-refractivity contribution < 1.29 is 4.74 Å². The molecule has 3 heteroatoms. The Labute approximate surface area is 134 Å². The molecule has 22 heavy (non-hydrogen) atoms. The highest BCUT2D eigenvalue weighted by molar-refractivity contribution is 5.91. The first-order valence-corrected chi connectivity index (χ1v) is 8.08. The Morgan fingerprint density at radius 3 is 2.73 bits per heavy atom. The number of hydrogen-bond donors (Lipinski definition) is 1. The Morgan fingerprint density at radius 1 is 1.27 bits per heavy atom. The van der Waals surface area contributed by atoms with E-state index in [1.807, 2.05) is 24.4 Å². The van der Waals surface area contributed by atoms with E-state index in [9.17, 15) is 0 Å². The number of aromatic nitrogens is 1. The van der Waals surface area contributed by atoms with Gasteiger partial charge < -0.3 is 10.1 Å². The molecule has 1 heterocycles. The molecule has 1 aromatic heterocycles. The summed E-state index contributed by atoms with van der Waals surface area (Å²) in [7, 11) is 1.70. The molecule has 2 rings (SSSR count). The molecule has 1 aromatic carbocycles. The third kappa shape index (κ3) is 4.62. The van der Waals surface area contributed by atoms with Gasteiger partial charge in [0.05, 0.1) is 18.3 Å². The van der Waals surface area contributed by atoms with Crippen LogP contribution in [0.4, 0.5) is 5.69 Å². The lowest BCUT2D eigenvalue weighted by atomic mass is 9.89. The minimum Gasteiger partial charge on any atom is -0.497 e. The molecule has 0 radical (unpaired) electrons. The zero-order valence-corrected chi connectivity index (χ0v) is 14.4. The molecule has 0 spiro atoms. The van der Waals surface area contributed by atoms with Gasteiger partial charge in [-0.15, -0.1) is 0 Å². The van der Waals surface area contributed by atoms with E-state index in [2.05, 4.69) is 44.1 Å². The predicted octanol–water partition coefficient (Wildman–Crippen LogP) is 5.26. The SMILES string of the molecule is COc1cc(NC(C)CCCC(C)(C)C)c2ncccc2c1. The highest BCUT2D eigenvalue weighted by Crippen LogP contribution is 2.29. The van der Waals surface area contributed by atoms with Gasteiger partial charge in [-0.3, -0.25) is 4.98 Å². The second-order valence-electron chi connectivity index (χ2n) is 7.25. The third-order valence-electron chi connectivity index (χ3n) is 3.88. The van der Waals surface area contributed by atoms with Crippen LogP contribution in [0.25, 0.3) is 10.9 Å². The molecule has 0 amide bonds. The summed E-state index contributed by atoms with van der Waals surface area (Å²) >= 11 is 0. The Hall–Kier alpha value is -1.77. The van der Waals surface area contributed by atoms with Crippen molar-refractivity contribution in [3.63, 3.8) is 0 Å². The van der Waals surface area contributed by atoms with Gasteiger partial charge >= 0.3 is 0 Å². The summed E-state index contributed by atoms with van der Waals surface area (Å²) in [4.78, 5) is 4.51. The molecule has 0 aliphatic rings. The van der Waals surface area contributed by atoms with Gasteiger partial charge in [-0.25, -0.2) is 0 Å². The number of methoxy groups -OCH3 is 1. The number of benzene rings is 1. The van der Waals surface area contributed by atoms with Gasteiger partial charge in [0.1, 0.15) is 5.75 Å². The van der Waals surface area contributed by atoms with Crippen molar-refractivity contribution in [2.24, 2.45) is 5.41 Å². The number of ether oxygens (including phenoxy) is 1. The minimum atomic E-state index is 0.407. The van der Waals surface area contributed by atoms with E-state index >= 15 is 0 Å². The van der Waals surface area contributed by atoms with Gasteiger partial charge in [0.15, 0.2) is 0 Å². The molecule has 0 aliphatic heterocycles. The van der Waals surface area contributed by atoms with Crippen LogP contribution in [0.3, 0.4) is 0 Å². The van der Waals surface area contributed by atoms with Gasteiger partial charge in [0.25, 0.3) is 0 Å². The average Bonchev–Trinajstić information content (AvgIpc) is 2.45. The lowest BCUT2D eigenvalue weighted by molar-refractivity contribution is 0.356.